The highest BCUT2D eigenvalue weighted by molar-refractivity contribution is 5.57. The Morgan fingerprint density at radius 1 is 0.870 bits per heavy atom. The van der Waals surface area contributed by atoms with Crippen LogP contribution in [0.1, 0.15) is 17.9 Å². The summed E-state index contributed by atoms with van der Waals surface area (Å²) in [6.07, 6.45) is 1.64. The van der Waals surface area contributed by atoms with Crippen molar-refractivity contribution in [2.45, 2.75) is 12.3 Å². The maximum Gasteiger partial charge on any atom is 0.184 e. The van der Waals surface area contributed by atoms with Crippen LogP contribution >= 0.6 is 0 Å². The van der Waals surface area contributed by atoms with E-state index < -0.39 is 0 Å². The molecular weight excluding hydrogens is 290 g/mol. The van der Waals surface area contributed by atoms with Crippen LogP contribution in [-0.4, -0.2) is 28.2 Å². The van der Waals surface area contributed by atoms with E-state index in [1.165, 1.54) is 0 Å². The van der Waals surface area contributed by atoms with Crippen LogP contribution in [-0.2, 0) is 9.47 Å². The lowest BCUT2D eigenvalue weighted by atomic mass is 10.2. The molecule has 2 heterocycles. The molecule has 2 aromatic carbocycles. The van der Waals surface area contributed by atoms with Gasteiger partial charge in [0.15, 0.2) is 6.29 Å². The fourth-order valence-corrected chi connectivity index (χ4v) is 2.64. The predicted octanol–water partition coefficient (Wildman–Crippen LogP) is 3.23. The summed E-state index contributed by atoms with van der Waals surface area (Å²) < 4.78 is 13.5. The van der Waals surface area contributed by atoms with Crippen LogP contribution in [0.2, 0.25) is 0 Å². The Balaban J connectivity index is 1.44. The number of ether oxygens (including phenoxy) is 2. The van der Waals surface area contributed by atoms with Crippen molar-refractivity contribution in [2.24, 2.45) is 0 Å². The molecule has 0 amide bonds. The number of hydrogen-bond donors (Lipinski definition) is 0. The van der Waals surface area contributed by atoms with E-state index in [1.807, 2.05) is 71.5 Å². The third-order valence-electron chi connectivity index (χ3n) is 3.91. The van der Waals surface area contributed by atoms with Crippen LogP contribution in [0.15, 0.2) is 66.9 Å². The lowest BCUT2D eigenvalue weighted by molar-refractivity contribution is -0.202. The van der Waals surface area contributed by atoms with Gasteiger partial charge in [0.25, 0.3) is 0 Å². The first-order valence-electron chi connectivity index (χ1n) is 7.65. The topological polar surface area (TPSA) is 49.2 Å². The molecule has 1 saturated heterocycles. The van der Waals surface area contributed by atoms with Crippen molar-refractivity contribution >= 4 is 0 Å². The highest BCUT2D eigenvalue weighted by Crippen LogP contribution is 2.27. The van der Waals surface area contributed by atoms with Gasteiger partial charge >= 0.3 is 0 Å². The SMILES string of the molecule is c1ccc(-c2cn(C3COC(c4ccccc4)OC3)nn2)cc1. The lowest BCUT2D eigenvalue weighted by Crippen LogP contribution is -2.29. The molecule has 1 aliphatic rings. The third-order valence-corrected chi connectivity index (χ3v) is 3.91. The summed E-state index contributed by atoms with van der Waals surface area (Å²) in [6, 6.07) is 20.0. The van der Waals surface area contributed by atoms with E-state index in [2.05, 4.69) is 10.3 Å². The fourth-order valence-electron chi connectivity index (χ4n) is 2.64. The molecule has 0 bridgehead atoms. The standard InChI is InChI=1S/C18H17N3O2/c1-3-7-14(8-4-1)17-11-21(20-19-17)16-12-22-18(23-13-16)15-9-5-2-6-10-15/h1-11,16,18H,12-13H2. The molecule has 0 radical (unpaired) electrons. The molecule has 0 unspecified atom stereocenters. The van der Waals surface area contributed by atoms with E-state index in [9.17, 15) is 0 Å². The van der Waals surface area contributed by atoms with Gasteiger partial charge in [-0.15, -0.1) is 5.10 Å². The first-order valence-corrected chi connectivity index (χ1v) is 7.65. The Kier molecular flexibility index (Phi) is 3.88. The molecule has 116 valence electrons. The van der Waals surface area contributed by atoms with E-state index in [4.69, 9.17) is 9.47 Å². The second kappa shape index (κ2) is 6.32. The summed E-state index contributed by atoms with van der Waals surface area (Å²) in [6.45, 7) is 1.11. The third kappa shape index (κ3) is 3.02. The molecule has 0 N–H and O–H groups in total. The molecule has 1 fully saturated rings. The molecule has 0 aliphatic carbocycles. The molecular formula is C18H17N3O2. The van der Waals surface area contributed by atoms with Gasteiger partial charge in [-0.05, 0) is 0 Å². The van der Waals surface area contributed by atoms with E-state index in [1.54, 1.807) is 0 Å². The molecule has 0 spiro atoms. The number of rotatable bonds is 3. The van der Waals surface area contributed by atoms with Gasteiger partial charge < -0.3 is 9.47 Å². The molecule has 1 aliphatic heterocycles. The fraction of sp³-hybridized carbons (Fsp3) is 0.222. The number of hydrogen-bond acceptors (Lipinski definition) is 4. The van der Waals surface area contributed by atoms with Crippen molar-refractivity contribution < 1.29 is 9.47 Å². The minimum Gasteiger partial charge on any atom is -0.346 e. The Labute approximate surface area is 134 Å². The lowest BCUT2D eigenvalue weighted by Gasteiger charge is -2.29. The summed E-state index contributed by atoms with van der Waals surface area (Å²) >= 11 is 0. The molecule has 1 aromatic heterocycles. The maximum atomic E-state index is 5.84. The van der Waals surface area contributed by atoms with E-state index in [0.717, 1.165) is 16.8 Å². The van der Waals surface area contributed by atoms with Crippen LogP contribution in [0, 0.1) is 0 Å². The summed E-state index contributed by atoms with van der Waals surface area (Å²) in [5, 5.41) is 8.46. The molecule has 5 heteroatoms. The number of nitrogens with zero attached hydrogens (tertiary/aromatic N) is 3. The van der Waals surface area contributed by atoms with Crippen LogP contribution in [0.25, 0.3) is 11.3 Å². The van der Waals surface area contributed by atoms with Gasteiger partial charge in [0.05, 0.1) is 19.4 Å². The normalized spacial score (nSPS) is 21.2. The van der Waals surface area contributed by atoms with Crippen LogP contribution in [0.5, 0.6) is 0 Å². The molecule has 3 aromatic rings. The molecule has 23 heavy (non-hydrogen) atoms. The van der Waals surface area contributed by atoms with E-state index in [0.29, 0.717) is 13.2 Å². The minimum absolute atomic E-state index is 0.0416. The molecule has 4 rings (SSSR count). The van der Waals surface area contributed by atoms with Crippen molar-refractivity contribution in [2.75, 3.05) is 13.2 Å². The van der Waals surface area contributed by atoms with Crippen molar-refractivity contribution in [1.29, 1.82) is 0 Å². The summed E-state index contributed by atoms with van der Waals surface area (Å²) in [5.74, 6) is 0. The second-order valence-corrected chi connectivity index (χ2v) is 5.51. The first-order chi connectivity index (χ1) is 11.4. The van der Waals surface area contributed by atoms with Gasteiger partial charge in [-0.3, -0.25) is 0 Å². The molecule has 0 saturated carbocycles. The second-order valence-electron chi connectivity index (χ2n) is 5.51. The quantitative estimate of drug-likeness (QED) is 0.745. The van der Waals surface area contributed by atoms with Gasteiger partial charge in [0.1, 0.15) is 11.7 Å². The largest absolute Gasteiger partial charge is 0.346 e. The van der Waals surface area contributed by atoms with Crippen LogP contribution < -0.4 is 0 Å². The average molecular weight is 307 g/mol. The van der Waals surface area contributed by atoms with E-state index in [-0.39, 0.29) is 12.3 Å². The maximum absolute atomic E-state index is 5.84. The smallest absolute Gasteiger partial charge is 0.184 e. The summed E-state index contributed by atoms with van der Waals surface area (Å²) in [7, 11) is 0. The van der Waals surface area contributed by atoms with Gasteiger partial charge in [0.2, 0.25) is 0 Å². The number of benzene rings is 2. The zero-order valence-electron chi connectivity index (χ0n) is 12.6. The van der Waals surface area contributed by atoms with Gasteiger partial charge in [-0.1, -0.05) is 65.9 Å². The number of aromatic nitrogens is 3. The Hall–Kier alpha value is -2.50. The summed E-state index contributed by atoms with van der Waals surface area (Å²) in [4.78, 5) is 0. The van der Waals surface area contributed by atoms with Gasteiger partial charge in [-0.2, -0.15) is 0 Å². The van der Waals surface area contributed by atoms with Crippen molar-refractivity contribution in [3.05, 3.63) is 72.4 Å². The highest BCUT2D eigenvalue weighted by atomic mass is 16.7. The van der Waals surface area contributed by atoms with Crippen molar-refractivity contribution in [3.8, 4) is 11.3 Å². The van der Waals surface area contributed by atoms with Crippen LogP contribution in [0.4, 0.5) is 0 Å². The van der Waals surface area contributed by atoms with E-state index >= 15 is 0 Å². The van der Waals surface area contributed by atoms with Crippen molar-refractivity contribution in [3.63, 3.8) is 0 Å². The summed E-state index contributed by atoms with van der Waals surface area (Å²) in [5.41, 5.74) is 2.95. The minimum atomic E-state index is -0.301. The molecule has 5 nitrogen and oxygen atoms in total. The Morgan fingerprint density at radius 3 is 2.22 bits per heavy atom. The van der Waals surface area contributed by atoms with Gasteiger partial charge in [0, 0.05) is 11.1 Å². The highest BCUT2D eigenvalue weighted by Gasteiger charge is 2.25. The van der Waals surface area contributed by atoms with Crippen molar-refractivity contribution in [1.82, 2.24) is 15.0 Å². The monoisotopic (exact) mass is 307 g/mol. The predicted molar refractivity (Wildman–Crippen MR) is 85.6 cm³/mol. The Morgan fingerprint density at radius 2 is 1.52 bits per heavy atom. The zero-order valence-corrected chi connectivity index (χ0v) is 12.6. The molecule has 0 atom stereocenters. The first kappa shape index (κ1) is 14.1. The zero-order chi connectivity index (χ0) is 15.5. The van der Waals surface area contributed by atoms with Gasteiger partial charge in [-0.25, -0.2) is 4.68 Å². The van der Waals surface area contributed by atoms with Crippen LogP contribution in [0.3, 0.4) is 0 Å². The Bertz CT molecular complexity index is 750. The average Bonchev–Trinajstić information content (AvgIpc) is 3.14.